The maximum absolute atomic E-state index is 12.3. The summed E-state index contributed by atoms with van der Waals surface area (Å²) in [6, 6.07) is 12.7. The normalized spacial score (nSPS) is 23.5. The number of ketones is 2. The molecule has 144 valence electrons. The van der Waals surface area contributed by atoms with Gasteiger partial charge in [-0.3, -0.25) is 9.59 Å². The molecule has 1 saturated carbocycles. The summed E-state index contributed by atoms with van der Waals surface area (Å²) < 4.78 is 0. The van der Waals surface area contributed by atoms with Crippen LogP contribution in [0.3, 0.4) is 0 Å². The van der Waals surface area contributed by atoms with E-state index in [0.29, 0.717) is 0 Å². The Hall–Kier alpha value is -3.28. The van der Waals surface area contributed by atoms with Gasteiger partial charge in [0.2, 0.25) is 0 Å². The number of carboxylic acid groups (broad SMARTS) is 2. The summed E-state index contributed by atoms with van der Waals surface area (Å²) in [7, 11) is 0. The molecular weight excluding hydrogens is 360 g/mol. The van der Waals surface area contributed by atoms with Gasteiger partial charge in [0.15, 0.2) is 0 Å². The van der Waals surface area contributed by atoms with Crippen molar-refractivity contribution >= 4 is 23.5 Å². The zero-order valence-electron chi connectivity index (χ0n) is 15.5. The summed E-state index contributed by atoms with van der Waals surface area (Å²) in [5.74, 6) is -3.78. The van der Waals surface area contributed by atoms with E-state index in [1.54, 1.807) is 24.3 Å². The lowest BCUT2D eigenvalue weighted by Gasteiger charge is -2.50. The lowest BCUT2D eigenvalue weighted by molar-refractivity contribution is -0.139. The minimum atomic E-state index is -1.04. The van der Waals surface area contributed by atoms with Gasteiger partial charge in [-0.2, -0.15) is 0 Å². The molecule has 6 heteroatoms. The molecule has 0 saturated heterocycles. The van der Waals surface area contributed by atoms with E-state index in [0.717, 1.165) is 11.1 Å². The highest BCUT2D eigenvalue weighted by atomic mass is 16.4. The van der Waals surface area contributed by atoms with E-state index in [1.165, 1.54) is 38.1 Å². The van der Waals surface area contributed by atoms with Crippen LogP contribution < -0.4 is 0 Å². The molecule has 1 aliphatic rings. The van der Waals surface area contributed by atoms with Crippen molar-refractivity contribution in [2.45, 2.75) is 25.7 Å². The quantitative estimate of drug-likeness (QED) is 0.795. The van der Waals surface area contributed by atoms with Crippen LogP contribution in [-0.2, 0) is 9.59 Å². The van der Waals surface area contributed by atoms with Gasteiger partial charge in [-0.15, -0.1) is 0 Å². The van der Waals surface area contributed by atoms with Crippen molar-refractivity contribution in [1.29, 1.82) is 0 Å². The number of hydrogen-bond acceptors (Lipinski definition) is 4. The standard InChI is InChI=1S/C22H20O6/c1-11(23)17-18(12(2)24)20(14-5-9-16(10-6-14)22(27)28)19(17)13-3-7-15(8-4-13)21(25)26/h3-10,17-20H,1-2H3,(H,25,26)(H,27,28)/t17-,18?,19?,20-/m0/s1. The van der Waals surface area contributed by atoms with E-state index in [-0.39, 0.29) is 34.5 Å². The van der Waals surface area contributed by atoms with Crippen molar-refractivity contribution in [3.8, 4) is 0 Å². The molecule has 28 heavy (non-hydrogen) atoms. The SMILES string of the molecule is CC(=O)C1[C@H](C(C)=O)C(c2ccc(C(=O)O)cc2)[C@H]1c1ccc(C(=O)O)cc1. The van der Waals surface area contributed by atoms with Gasteiger partial charge >= 0.3 is 11.9 Å². The summed E-state index contributed by atoms with van der Waals surface area (Å²) >= 11 is 0. The average Bonchev–Trinajstić information content (AvgIpc) is 2.61. The van der Waals surface area contributed by atoms with Gasteiger partial charge in [-0.25, -0.2) is 9.59 Å². The largest absolute Gasteiger partial charge is 0.478 e. The number of benzene rings is 2. The average molecular weight is 380 g/mol. The first-order valence-electron chi connectivity index (χ1n) is 8.89. The summed E-state index contributed by atoms with van der Waals surface area (Å²) in [5, 5.41) is 18.2. The van der Waals surface area contributed by atoms with Crippen molar-refractivity contribution < 1.29 is 29.4 Å². The van der Waals surface area contributed by atoms with Crippen LogP contribution in [0.4, 0.5) is 0 Å². The lowest BCUT2D eigenvalue weighted by Crippen LogP contribution is -2.50. The third-order valence-corrected chi connectivity index (χ3v) is 5.57. The molecule has 2 aromatic rings. The van der Waals surface area contributed by atoms with Crippen molar-refractivity contribution in [3.63, 3.8) is 0 Å². The van der Waals surface area contributed by atoms with Gasteiger partial charge in [0.25, 0.3) is 0 Å². The van der Waals surface area contributed by atoms with E-state index >= 15 is 0 Å². The predicted molar refractivity (Wildman–Crippen MR) is 101 cm³/mol. The van der Waals surface area contributed by atoms with Crippen LogP contribution in [0.1, 0.15) is 57.5 Å². The number of rotatable bonds is 6. The fraction of sp³-hybridized carbons (Fsp3) is 0.273. The fourth-order valence-electron chi connectivity index (χ4n) is 4.28. The van der Waals surface area contributed by atoms with E-state index in [2.05, 4.69) is 0 Å². The smallest absolute Gasteiger partial charge is 0.335 e. The third-order valence-electron chi connectivity index (χ3n) is 5.57. The highest BCUT2D eigenvalue weighted by molar-refractivity contribution is 5.92. The molecule has 1 aliphatic carbocycles. The van der Waals surface area contributed by atoms with Crippen LogP contribution in [0.2, 0.25) is 0 Å². The fourth-order valence-corrected chi connectivity index (χ4v) is 4.28. The Morgan fingerprint density at radius 3 is 1.11 bits per heavy atom. The van der Waals surface area contributed by atoms with Crippen LogP contribution in [-0.4, -0.2) is 33.7 Å². The molecule has 0 amide bonds. The Morgan fingerprint density at radius 2 is 0.893 bits per heavy atom. The maximum atomic E-state index is 12.3. The Labute approximate surface area is 161 Å². The minimum Gasteiger partial charge on any atom is -0.478 e. The summed E-state index contributed by atoms with van der Waals surface area (Å²) in [6.45, 7) is 2.92. The summed E-state index contributed by atoms with van der Waals surface area (Å²) in [5.41, 5.74) is 1.87. The molecule has 0 radical (unpaired) electrons. The molecule has 0 aliphatic heterocycles. The predicted octanol–water partition coefficient (Wildman–Crippen LogP) is 3.37. The molecule has 2 aromatic carbocycles. The molecule has 0 heterocycles. The Morgan fingerprint density at radius 1 is 0.607 bits per heavy atom. The first-order chi connectivity index (χ1) is 13.2. The van der Waals surface area contributed by atoms with E-state index in [4.69, 9.17) is 10.2 Å². The summed E-state index contributed by atoms with van der Waals surface area (Å²) in [4.78, 5) is 46.8. The zero-order valence-corrected chi connectivity index (χ0v) is 15.5. The third kappa shape index (κ3) is 3.33. The number of carbonyl (C=O) groups excluding carboxylic acids is 2. The number of hydrogen-bond donors (Lipinski definition) is 2. The molecule has 6 nitrogen and oxygen atoms in total. The van der Waals surface area contributed by atoms with Crippen molar-refractivity contribution in [1.82, 2.24) is 0 Å². The molecule has 1 fully saturated rings. The van der Waals surface area contributed by atoms with Crippen LogP contribution in [0.5, 0.6) is 0 Å². The lowest BCUT2D eigenvalue weighted by atomic mass is 9.50. The Kier molecular flexibility index (Phi) is 5.14. The molecule has 0 aromatic heterocycles. The van der Waals surface area contributed by atoms with Gasteiger partial charge < -0.3 is 10.2 Å². The number of carboxylic acids is 2. The van der Waals surface area contributed by atoms with Crippen molar-refractivity contribution in [3.05, 3.63) is 70.8 Å². The van der Waals surface area contributed by atoms with Gasteiger partial charge in [0.05, 0.1) is 11.1 Å². The molecule has 0 bridgehead atoms. The van der Waals surface area contributed by atoms with Crippen LogP contribution >= 0.6 is 0 Å². The molecular formula is C22H20O6. The minimum absolute atomic E-state index is 0.0917. The van der Waals surface area contributed by atoms with Crippen molar-refractivity contribution in [2.75, 3.05) is 0 Å². The Bertz CT molecular complexity index is 862. The maximum Gasteiger partial charge on any atom is 0.335 e. The molecule has 0 spiro atoms. The van der Waals surface area contributed by atoms with Crippen molar-refractivity contribution in [2.24, 2.45) is 11.8 Å². The number of Topliss-reactive ketones (excluding diaryl/α,β-unsaturated/α-hetero) is 2. The monoisotopic (exact) mass is 380 g/mol. The van der Waals surface area contributed by atoms with Gasteiger partial charge in [0.1, 0.15) is 11.6 Å². The first kappa shape index (κ1) is 19.5. The molecule has 2 N–H and O–H groups in total. The van der Waals surface area contributed by atoms with Gasteiger partial charge in [-0.1, -0.05) is 24.3 Å². The second-order valence-corrected chi connectivity index (χ2v) is 7.18. The van der Waals surface area contributed by atoms with E-state index in [1.807, 2.05) is 0 Å². The zero-order chi connectivity index (χ0) is 20.6. The second kappa shape index (κ2) is 7.38. The highest BCUT2D eigenvalue weighted by Crippen LogP contribution is 2.58. The number of carbonyl (C=O) groups is 4. The van der Waals surface area contributed by atoms with Crippen LogP contribution in [0.25, 0.3) is 0 Å². The molecule has 3 rings (SSSR count). The van der Waals surface area contributed by atoms with Gasteiger partial charge in [-0.05, 0) is 49.2 Å². The highest BCUT2D eigenvalue weighted by Gasteiger charge is 2.55. The van der Waals surface area contributed by atoms with Crippen LogP contribution in [0.15, 0.2) is 48.5 Å². The summed E-state index contributed by atoms with van der Waals surface area (Å²) in [6.07, 6.45) is 0. The first-order valence-corrected chi connectivity index (χ1v) is 8.89. The molecule has 2 unspecified atom stereocenters. The molecule has 4 atom stereocenters. The Balaban J connectivity index is 2.04. The number of aromatic carboxylic acids is 2. The second-order valence-electron chi connectivity index (χ2n) is 7.18. The van der Waals surface area contributed by atoms with E-state index < -0.39 is 23.8 Å². The van der Waals surface area contributed by atoms with E-state index in [9.17, 15) is 19.2 Å². The van der Waals surface area contributed by atoms with Crippen LogP contribution in [0, 0.1) is 11.8 Å². The topological polar surface area (TPSA) is 109 Å². The van der Waals surface area contributed by atoms with Gasteiger partial charge in [0, 0.05) is 23.7 Å².